The summed E-state index contributed by atoms with van der Waals surface area (Å²) in [6.45, 7) is 4.52. The average molecular weight is 555 g/mol. The molecular formula is C32H51KO3S. The average Bonchev–Trinajstić information content (AvgIpc) is 2.85. The van der Waals surface area contributed by atoms with Crippen LogP contribution in [-0.4, -0.2) is 13.0 Å². The zero-order valence-corrected chi connectivity index (χ0v) is 28.1. The number of unbranched alkanes of at least 4 members (excludes halogenated alkanes) is 16. The molecule has 0 fully saturated rings. The fourth-order valence-corrected chi connectivity index (χ4v) is 6.02. The largest absolute Gasteiger partial charge is 1.00 e. The summed E-state index contributed by atoms with van der Waals surface area (Å²) >= 11 is 0. The second kappa shape index (κ2) is 21.1. The van der Waals surface area contributed by atoms with E-state index < -0.39 is 10.1 Å². The van der Waals surface area contributed by atoms with Gasteiger partial charge < -0.3 is 4.55 Å². The van der Waals surface area contributed by atoms with E-state index in [-0.39, 0.29) is 56.3 Å². The molecule has 0 aliphatic heterocycles. The summed E-state index contributed by atoms with van der Waals surface area (Å²) in [5, 5.41) is 1.46. The minimum Gasteiger partial charge on any atom is -0.744 e. The number of aryl methyl sites for hydroxylation is 2. The summed E-state index contributed by atoms with van der Waals surface area (Å²) in [6.07, 6.45) is 25.4. The van der Waals surface area contributed by atoms with E-state index in [4.69, 9.17) is 0 Å². The molecule has 0 aliphatic carbocycles. The Morgan fingerprint density at radius 3 is 1.43 bits per heavy atom. The van der Waals surface area contributed by atoms with Crippen molar-refractivity contribution in [3.05, 3.63) is 41.5 Å². The molecule has 0 bridgehead atoms. The molecule has 0 amide bonds. The Kier molecular flexibility index (Phi) is 20.1. The molecule has 0 saturated carbocycles. The first-order valence-electron chi connectivity index (χ1n) is 15.0. The van der Waals surface area contributed by atoms with Crippen molar-refractivity contribution in [1.29, 1.82) is 0 Å². The van der Waals surface area contributed by atoms with Crippen LogP contribution >= 0.6 is 0 Å². The summed E-state index contributed by atoms with van der Waals surface area (Å²) < 4.78 is 35.6. The van der Waals surface area contributed by atoms with E-state index >= 15 is 0 Å². The third-order valence-corrected chi connectivity index (χ3v) is 8.42. The van der Waals surface area contributed by atoms with Gasteiger partial charge in [-0.2, -0.15) is 0 Å². The van der Waals surface area contributed by atoms with E-state index in [1.54, 1.807) is 6.07 Å². The number of benzene rings is 2. The molecule has 0 radical (unpaired) electrons. The fraction of sp³-hybridized carbons (Fsp3) is 0.688. The van der Waals surface area contributed by atoms with Gasteiger partial charge in [-0.25, -0.2) is 8.42 Å². The maximum Gasteiger partial charge on any atom is 1.00 e. The van der Waals surface area contributed by atoms with Gasteiger partial charge in [-0.1, -0.05) is 135 Å². The van der Waals surface area contributed by atoms with E-state index in [0.29, 0.717) is 5.39 Å². The first-order chi connectivity index (χ1) is 17.5. The monoisotopic (exact) mass is 554 g/mol. The minimum absolute atomic E-state index is 0. The van der Waals surface area contributed by atoms with Crippen LogP contribution in [-0.2, 0) is 23.0 Å². The van der Waals surface area contributed by atoms with Crippen LogP contribution in [0, 0.1) is 0 Å². The summed E-state index contributed by atoms with van der Waals surface area (Å²) in [6, 6.07) is 9.24. The Labute approximate surface area is 271 Å². The van der Waals surface area contributed by atoms with E-state index in [1.165, 1.54) is 126 Å². The van der Waals surface area contributed by atoms with E-state index in [9.17, 15) is 13.0 Å². The molecule has 204 valence electrons. The van der Waals surface area contributed by atoms with Crippen molar-refractivity contribution in [1.82, 2.24) is 0 Å². The molecule has 0 aromatic heterocycles. The first kappa shape index (κ1) is 35.3. The van der Waals surface area contributed by atoms with Crippen molar-refractivity contribution in [3.8, 4) is 0 Å². The van der Waals surface area contributed by atoms with Crippen LogP contribution < -0.4 is 51.4 Å². The zero-order valence-electron chi connectivity index (χ0n) is 24.2. The van der Waals surface area contributed by atoms with Crippen LogP contribution in [0.3, 0.4) is 0 Å². The molecular weight excluding hydrogens is 504 g/mol. The van der Waals surface area contributed by atoms with Gasteiger partial charge in [-0.15, -0.1) is 0 Å². The Balaban J connectivity index is 0.00000684. The van der Waals surface area contributed by atoms with Crippen molar-refractivity contribution in [2.75, 3.05) is 0 Å². The molecule has 2 aromatic rings. The summed E-state index contributed by atoms with van der Waals surface area (Å²) in [7, 11) is -4.49. The Morgan fingerprint density at radius 2 is 1.00 bits per heavy atom. The topological polar surface area (TPSA) is 57.2 Å². The molecule has 0 saturated heterocycles. The van der Waals surface area contributed by atoms with Crippen LogP contribution in [0.4, 0.5) is 0 Å². The third kappa shape index (κ3) is 14.4. The normalized spacial score (nSPS) is 11.6. The molecule has 0 spiro atoms. The van der Waals surface area contributed by atoms with Crippen molar-refractivity contribution in [2.24, 2.45) is 0 Å². The van der Waals surface area contributed by atoms with Gasteiger partial charge in [0.05, 0.1) is 4.90 Å². The van der Waals surface area contributed by atoms with Crippen molar-refractivity contribution in [3.63, 3.8) is 0 Å². The Bertz CT molecular complexity index is 971. The molecule has 5 heteroatoms. The Hall–Kier alpha value is 0.246. The molecule has 3 nitrogen and oxygen atoms in total. The maximum absolute atomic E-state index is 11.9. The van der Waals surface area contributed by atoms with Crippen molar-refractivity contribution < 1.29 is 64.4 Å². The predicted molar refractivity (Wildman–Crippen MR) is 154 cm³/mol. The quantitative estimate of drug-likeness (QED) is 0.0958. The number of hydrogen-bond donors (Lipinski definition) is 0. The van der Waals surface area contributed by atoms with E-state index in [1.807, 2.05) is 12.1 Å². The predicted octanol–water partition coefficient (Wildman–Crippen LogP) is 6.89. The standard InChI is InChI=1S/C32H52O3S.K/c1-3-5-7-9-11-13-15-17-19-22-28-26-30-24-21-25-32(36(33,34)35)31(30)27-29(28)23-20-18-16-14-12-10-8-6-4-2;/h21,24-27H,3-20,22-23H2,1-2H3,(H,33,34,35);/q;+1/p-1. The number of fused-ring (bicyclic) bond motifs is 1. The molecule has 0 aliphatic rings. The second-order valence-corrected chi connectivity index (χ2v) is 12.1. The molecule has 37 heavy (non-hydrogen) atoms. The van der Waals surface area contributed by atoms with Crippen LogP contribution in [0.5, 0.6) is 0 Å². The van der Waals surface area contributed by atoms with E-state index in [2.05, 4.69) is 19.9 Å². The second-order valence-electron chi connectivity index (χ2n) is 10.7. The first-order valence-corrected chi connectivity index (χ1v) is 16.4. The maximum atomic E-state index is 11.9. The van der Waals surface area contributed by atoms with Gasteiger partial charge in [0.25, 0.3) is 0 Å². The van der Waals surface area contributed by atoms with Gasteiger partial charge in [0.1, 0.15) is 10.1 Å². The summed E-state index contributed by atoms with van der Waals surface area (Å²) in [4.78, 5) is -0.0806. The van der Waals surface area contributed by atoms with Crippen LogP contribution in [0.1, 0.15) is 141 Å². The van der Waals surface area contributed by atoms with E-state index in [0.717, 1.165) is 24.6 Å². The van der Waals surface area contributed by atoms with Gasteiger partial charge in [-0.05, 0) is 59.7 Å². The number of rotatable bonds is 21. The minimum atomic E-state index is -4.49. The van der Waals surface area contributed by atoms with Crippen LogP contribution in [0.15, 0.2) is 35.2 Å². The molecule has 0 atom stereocenters. The molecule has 2 aromatic carbocycles. The zero-order chi connectivity index (χ0) is 26.1. The van der Waals surface area contributed by atoms with Crippen LogP contribution in [0.2, 0.25) is 0 Å². The van der Waals surface area contributed by atoms with Crippen LogP contribution in [0.25, 0.3) is 10.8 Å². The van der Waals surface area contributed by atoms with Gasteiger partial charge in [0.15, 0.2) is 0 Å². The van der Waals surface area contributed by atoms with Gasteiger partial charge in [0, 0.05) is 0 Å². The summed E-state index contributed by atoms with van der Waals surface area (Å²) in [5.41, 5.74) is 2.58. The molecule has 0 N–H and O–H groups in total. The third-order valence-electron chi connectivity index (χ3n) is 7.53. The molecule has 0 heterocycles. The SMILES string of the molecule is CCCCCCCCCCCc1cc2cccc(S(=O)(=O)[O-])c2cc1CCCCCCCCCCC.[K+]. The fourth-order valence-electron chi connectivity index (χ4n) is 5.32. The molecule has 2 rings (SSSR count). The van der Waals surface area contributed by atoms with Crippen molar-refractivity contribution >= 4 is 20.9 Å². The number of hydrogen-bond acceptors (Lipinski definition) is 3. The summed E-state index contributed by atoms with van der Waals surface area (Å²) in [5.74, 6) is 0. The van der Waals surface area contributed by atoms with Gasteiger partial charge in [-0.3, -0.25) is 0 Å². The smallest absolute Gasteiger partial charge is 0.744 e. The van der Waals surface area contributed by atoms with Gasteiger partial charge >= 0.3 is 51.4 Å². The van der Waals surface area contributed by atoms with Gasteiger partial charge in [0.2, 0.25) is 0 Å². The van der Waals surface area contributed by atoms with Crippen molar-refractivity contribution in [2.45, 2.75) is 147 Å². The molecule has 0 unspecified atom stereocenters. The Morgan fingerprint density at radius 1 is 0.595 bits per heavy atom.